The molecular weight excluding hydrogens is 274 g/mol. The van der Waals surface area contributed by atoms with E-state index in [0.717, 1.165) is 0 Å². The molecule has 0 bridgehead atoms. The van der Waals surface area contributed by atoms with E-state index in [1.54, 1.807) is 12.1 Å². The first kappa shape index (κ1) is 14.6. The van der Waals surface area contributed by atoms with Crippen LogP contribution in [-0.2, 0) is 6.42 Å². The number of carboxylic acid groups (broad SMARTS) is 1. The third-order valence-corrected chi connectivity index (χ3v) is 3.02. The highest BCUT2D eigenvalue weighted by Gasteiger charge is 2.17. The normalized spacial score (nSPS) is 10.2. The number of methoxy groups -OCH3 is 1. The Morgan fingerprint density at radius 2 is 2.05 bits per heavy atom. The standard InChI is InChI=1S/C15H15NO5/c1-3-13-10(6-7-21-13)14(17)16-12-5-4-9(20-2)8-11(12)15(18)19/h4-8H,3H2,1-2H3,(H,16,17)(H,18,19). The van der Waals surface area contributed by atoms with Gasteiger partial charge in [0.25, 0.3) is 5.91 Å². The lowest BCUT2D eigenvalue weighted by molar-refractivity contribution is 0.0697. The first-order chi connectivity index (χ1) is 10.1. The summed E-state index contributed by atoms with van der Waals surface area (Å²) < 4.78 is 10.2. The van der Waals surface area contributed by atoms with Crippen LogP contribution in [0.2, 0.25) is 0 Å². The highest BCUT2D eigenvalue weighted by atomic mass is 16.5. The van der Waals surface area contributed by atoms with Gasteiger partial charge in [-0.3, -0.25) is 4.79 Å². The van der Waals surface area contributed by atoms with E-state index in [2.05, 4.69) is 5.32 Å². The number of benzene rings is 1. The summed E-state index contributed by atoms with van der Waals surface area (Å²) >= 11 is 0. The Balaban J connectivity index is 2.31. The molecule has 0 aliphatic rings. The number of rotatable bonds is 5. The summed E-state index contributed by atoms with van der Waals surface area (Å²) in [5, 5.41) is 11.8. The SMILES string of the molecule is CCc1occc1C(=O)Nc1ccc(OC)cc1C(=O)O. The van der Waals surface area contributed by atoms with Crippen molar-refractivity contribution in [2.75, 3.05) is 12.4 Å². The Morgan fingerprint density at radius 3 is 2.67 bits per heavy atom. The van der Waals surface area contributed by atoms with Crippen molar-refractivity contribution in [1.29, 1.82) is 0 Å². The molecule has 0 atom stereocenters. The van der Waals surface area contributed by atoms with Gasteiger partial charge >= 0.3 is 5.97 Å². The number of aryl methyl sites for hydroxylation is 1. The summed E-state index contributed by atoms with van der Waals surface area (Å²) in [5.41, 5.74) is 0.561. The van der Waals surface area contributed by atoms with E-state index in [4.69, 9.17) is 9.15 Å². The second-order valence-electron chi connectivity index (χ2n) is 4.28. The Hall–Kier alpha value is -2.76. The summed E-state index contributed by atoms with van der Waals surface area (Å²) in [5.74, 6) is -0.596. The molecule has 0 radical (unpaired) electrons. The van der Waals surface area contributed by atoms with E-state index in [9.17, 15) is 14.7 Å². The topological polar surface area (TPSA) is 88.8 Å². The van der Waals surface area contributed by atoms with Gasteiger partial charge in [-0.05, 0) is 24.3 Å². The fraction of sp³-hybridized carbons (Fsp3) is 0.200. The maximum atomic E-state index is 12.2. The van der Waals surface area contributed by atoms with Gasteiger partial charge in [-0.1, -0.05) is 6.92 Å². The molecule has 110 valence electrons. The smallest absolute Gasteiger partial charge is 0.337 e. The van der Waals surface area contributed by atoms with Crippen molar-refractivity contribution in [3.05, 3.63) is 47.4 Å². The Morgan fingerprint density at radius 1 is 1.29 bits per heavy atom. The van der Waals surface area contributed by atoms with Crippen LogP contribution in [0.4, 0.5) is 5.69 Å². The zero-order valence-electron chi connectivity index (χ0n) is 11.7. The van der Waals surface area contributed by atoms with Crippen LogP contribution >= 0.6 is 0 Å². The molecule has 2 N–H and O–H groups in total. The van der Waals surface area contributed by atoms with Crippen molar-refractivity contribution in [2.24, 2.45) is 0 Å². The molecule has 6 nitrogen and oxygen atoms in total. The molecule has 1 aromatic carbocycles. The number of amides is 1. The number of carboxylic acids is 1. The maximum absolute atomic E-state index is 12.2. The van der Waals surface area contributed by atoms with Gasteiger partial charge in [0.1, 0.15) is 11.5 Å². The molecule has 0 aliphatic carbocycles. The van der Waals surface area contributed by atoms with E-state index < -0.39 is 11.9 Å². The molecule has 0 saturated carbocycles. The van der Waals surface area contributed by atoms with Gasteiger partial charge in [-0.2, -0.15) is 0 Å². The zero-order valence-corrected chi connectivity index (χ0v) is 11.7. The maximum Gasteiger partial charge on any atom is 0.337 e. The Bertz CT molecular complexity index is 674. The minimum Gasteiger partial charge on any atom is -0.497 e. The molecular formula is C15H15NO5. The van der Waals surface area contributed by atoms with E-state index in [1.165, 1.54) is 25.5 Å². The van der Waals surface area contributed by atoms with Crippen molar-refractivity contribution in [2.45, 2.75) is 13.3 Å². The quantitative estimate of drug-likeness (QED) is 0.883. The summed E-state index contributed by atoms with van der Waals surface area (Å²) in [6, 6.07) is 5.98. The van der Waals surface area contributed by atoms with Crippen molar-refractivity contribution < 1.29 is 23.8 Å². The molecule has 0 spiro atoms. The number of ether oxygens (including phenoxy) is 1. The van der Waals surface area contributed by atoms with Crippen LogP contribution in [0.25, 0.3) is 0 Å². The highest BCUT2D eigenvalue weighted by Crippen LogP contribution is 2.23. The summed E-state index contributed by atoms with van der Waals surface area (Å²) in [4.78, 5) is 23.4. The first-order valence-corrected chi connectivity index (χ1v) is 6.35. The molecule has 0 fully saturated rings. The number of hydrogen-bond acceptors (Lipinski definition) is 4. The molecule has 1 amide bonds. The van der Waals surface area contributed by atoms with Crippen LogP contribution in [0.3, 0.4) is 0 Å². The Kier molecular flexibility index (Phi) is 4.27. The van der Waals surface area contributed by atoms with Crippen LogP contribution in [0.1, 0.15) is 33.4 Å². The lowest BCUT2D eigenvalue weighted by Crippen LogP contribution is -2.15. The van der Waals surface area contributed by atoms with Crippen molar-refractivity contribution in [1.82, 2.24) is 0 Å². The third kappa shape index (κ3) is 3.05. The van der Waals surface area contributed by atoms with E-state index in [0.29, 0.717) is 23.5 Å². The predicted molar refractivity (Wildman–Crippen MR) is 76.0 cm³/mol. The lowest BCUT2D eigenvalue weighted by Gasteiger charge is -2.10. The third-order valence-electron chi connectivity index (χ3n) is 3.02. The van der Waals surface area contributed by atoms with Gasteiger partial charge in [0.05, 0.1) is 30.2 Å². The van der Waals surface area contributed by atoms with Crippen LogP contribution < -0.4 is 10.1 Å². The van der Waals surface area contributed by atoms with Gasteiger partial charge in [-0.15, -0.1) is 0 Å². The van der Waals surface area contributed by atoms with Crippen LogP contribution in [0.5, 0.6) is 5.75 Å². The molecule has 1 heterocycles. The minimum atomic E-state index is -1.15. The van der Waals surface area contributed by atoms with Crippen LogP contribution in [0, 0.1) is 0 Å². The fourth-order valence-corrected chi connectivity index (χ4v) is 1.94. The number of hydrogen-bond donors (Lipinski definition) is 2. The average molecular weight is 289 g/mol. The van der Waals surface area contributed by atoms with Gasteiger partial charge in [0.15, 0.2) is 0 Å². The molecule has 1 aromatic heterocycles. The van der Waals surface area contributed by atoms with Gasteiger partial charge in [0.2, 0.25) is 0 Å². The van der Waals surface area contributed by atoms with Crippen LogP contribution in [-0.4, -0.2) is 24.1 Å². The number of carbonyl (C=O) groups excluding carboxylic acids is 1. The zero-order chi connectivity index (χ0) is 15.4. The number of nitrogens with one attached hydrogen (secondary N) is 1. The van der Waals surface area contributed by atoms with Gasteiger partial charge < -0.3 is 19.6 Å². The van der Waals surface area contributed by atoms with Crippen molar-refractivity contribution in [3.63, 3.8) is 0 Å². The average Bonchev–Trinajstić information content (AvgIpc) is 2.96. The molecule has 2 rings (SSSR count). The summed E-state index contributed by atoms with van der Waals surface area (Å²) in [6.07, 6.45) is 2.00. The molecule has 2 aromatic rings. The molecule has 6 heteroatoms. The number of furan rings is 1. The molecule has 0 unspecified atom stereocenters. The second-order valence-corrected chi connectivity index (χ2v) is 4.28. The largest absolute Gasteiger partial charge is 0.497 e. The van der Waals surface area contributed by atoms with Crippen molar-refractivity contribution in [3.8, 4) is 5.75 Å². The van der Waals surface area contributed by atoms with Crippen molar-refractivity contribution >= 4 is 17.6 Å². The van der Waals surface area contributed by atoms with Gasteiger partial charge in [0, 0.05) is 6.42 Å². The first-order valence-electron chi connectivity index (χ1n) is 6.35. The second kappa shape index (κ2) is 6.13. The molecule has 0 saturated heterocycles. The number of anilines is 1. The minimum absolute atomic E-state index is 0.0377. The van der Waals surface area contributed by atoms with E-state index in [1.807, 2.05) is 6.92 Å². The Labute approximate surface area is 121 Å². The molecule has 21 heavy (non-hydrogen) atoms. The monoisotopic (exact) mass is 289 g/mol. The van der Waals surface area contributed by atoms with E-state index in [-0.39, 0.29) is 11.3 Å². The predicted octanol–water partition coefficient (Wildman–Crippen LogP) is 2.80. The number of carbonyl (C=O) groups is 2. The van der Waals surface area contributed by atoms with Crippen LogP contribution in [0.15, 0.2) is 34.9 Å². The summed E-state index contributed by atoms with van der Waals surface area (Å²) in [6.45, 7) is 1.87. The summed E-state index contributed by atoms with van der Waals surface area (Å²) in [7, 11) is 1.44. The molecule has 0 aliphatic heterocycles. The van der Waals surface area contributed by atoms with Gasteiger partial charge in [-0.25, -0.2) is 4.79 Å². The fourth-order valence-electron chi connectivity index (χ4n) is 1.94. The lowest BCUT2D eigenvalue weighted by atomic mass is 10.1. The number of aromatic carboxylic acids is 1. The van der Waals surface area contributed by atoms with E-state index >= 15 is 0 Å². The highest BCUT2D eigenvalue weighted by molar-refractivity contribution is 6.08.